The summed E-state index contributed by atoms with van der Waals surface area (Å²) in [5.74, 6) is 0.391. The van der Waals surface area contributed by atoms with Gasteiger partial charge in [-0.15, -0.1) is 0 Å². The number of nitrogen functional groups attached to an aromatic ring is 1. The van der Waals surface area contributed by atoms with Crippen LogP contribution >= 0.6 is 11.6 Å². The molecule has 1 saturated carbocycles. The maximum absolute atomic E-state index is 12.5. The van der Waals surface area contributed by atoms with Crippen LogP contribution in [-0.2, 0) is 10.0 Å². The summed E-state index contributed by atoms with van der Waals surface area (Å²) in [4.78, 5) is 0.00194. The number of sulfonamides is 1. The van der Waals surface area contributed by atoms with Crippen molar-refractivity contribution >= 4 is 27.3 Å². The molecule has 1 fully saturated rings. The van der Waals surface area contributed by atoms with Gasteiger partial charge >= 0.3 is 0 Å². The summed E-state index contributed by atoms with van der Waals surface area (Å²) in [6.45, 7) is 2.10. The predicted octanol–water partition coefficient (Wildman–Crippen LogP) is 3.17. The molecule has 1 aliphatic carbocycles. The van der Waals surface area contributed by atoms with E-state index in [1.54, 1.807) is 18.2 Å². The molecule has 1 aromatic carbocycles. The summed E-state index contributed by atoms with van der Waals surface area (Å²) in [6.07, 6.45) is 5.15. The standard InChI is InChI=1S/C14H21ClN2O2S/c1-2-10-6-3-4-9-13(10)17-20(18,19)14-11(15)7-5-8-12(14)16/h5,7-8,10,13,17H,2-4,6,9,16H2,1H3. The Morgan fingerprint density at radius 1 is 1.35 bits per heavy atom. The quantitative estimate of drug-likeness (QED) is 0.838. The van der Waals surface area contributed by atoms with Crippen LogP contribution < -0.4 is 10.5 Å². The average Bonchev–Trinajstić information content (AvgIpc) is 2.38. The van der Waals surface area contributed by atoms with Gasteiger partial charge in [0.05, 0.1) is 10.7 Å². The van der Waals surface area contributed by atoms with Crippen molar-refractivity contribution in [2.24, 2.45) is 5.92 Å². The number of benzene rings is 1. The molecule has 1 aliphatic rings. The molecular formula is C14H21ClN2O2S. The van der Waals surface area contributed by atoms with E-state index in [9.17, 15) is 8.42 Å². The summed E-state index contributed by atoms with van der Waals surface area (Å²) in [5.41, 5.74) is 5.96. The summed E-state index contributed by atoms with van der Waals surface area (Å²) in [6, 6.07) is 4.73. The van der Waals surface area contributed by atoms with Gasteiger partial charge in [-0.1, -0.05) is 43.9 Å². The fourth-order valence-electron chi connectivity index (χ4n) is 2.92. The number of nitrogens with one attached hydrogen (secondary N) is 1. The normalized spacial score (nSPS) is 23.7. The lowest BCUT2D eigenvalue weighted by Gasteiger charge is -2.31. The molecule has 3 N–H and O–H groups in total. The van der Waals surface area contributed by atoms with Gasteiger partial charge in [0.2, 0.25) is 10.0 Å². The van der Waals surface area contributed by atoms with E-state index in [-0.39, 0.29) is 21.6 Å². The van der Waals surface area contributed by atoms with Gasteiger partial charge in [-0.05, 0) is 30.9 Å². The molecule has 2 rings (SSSR count). The van der Waals surface area contributed by atoms with Crippen LogP contribution in [0.5, 0.6) is 0 Å². The van der Waals surface area contributed by atoms with E-state index in [0.717, 1.165) is 25.7 Å². The van der Waals surface area contributed by atoms with Crippen molar-refractivity contribution in [3.05, 3.63) is 23.2 Å². The molecule has 0 saturated heterocycles. The van der Waals surface area contributed by atoms with Crippen LogP contribution in [-0.4, -0.2) is 14.5 Å². The van der Waals surface area contributed by atoms with E-state index < -0.39 is 10.0 Å². The molecule has 112 valence electrons. The second-order valence-electron chi connectivity index (χ2n) is 5.34. The molecule has 2 unspecified atom stereocenters. The van der Waals surface area contributed by atoms with Crippen molar-refractivity contribution < 1.29 is 8.42 Å². The van der Waals surface area contributed by atoms with Gasteiger partial charge < -0.3 is 5.73 Å². The molecule has 20 heavy (non-hydrogen) atoms. The fraction of sp³-hybridized carbons (Fsp3) is 0.571. The third kappa shape index (κ3) is 3.27. The van der Waals surface area contributed by atoms with Crippen molar-refractivity contribution in [3.63, 3.8) is 0 Å². The third-order valence-electron chi connectivity index (χ3n) is 4.01. The molecular weight excluding hydrogens is 296 g/mol. The Kier molecular flexibility index (Phi) is 4.94. The molecule has 6 heteroatoms. The lowest BCUT2D eigenvalue weighted by molar-refractivity contribution is 0.282. The molecule has 4 nitrogen and oxygen atoms in total. The van der Waals surface area contributed by atoms with Crippen LogP contribution in [0.15, 0.2) is 23.1 Å². The molecule has 1 aromatic rings. The van der Waals surface area contributed by atoms with Crippen molar-refractivity contribution in [1.82, 2.24) is 4.72 Å². The zero-order chi connectivity index (χ0) is 14.8. The minimum Gasteiger partial charge on any atom is -0.398 e. The van der Waals surface area contributed by atoms with Gasteiger partial charge in [-0.3, -0.25) is 0 Å². The first-order chi connectivity index (χ1) is 9.45. The number of nitrogens with two attached hydrogens (primary N) is 1. The van der Waals surface area contributed by atoms with Gasteiger partial charge in [-0.2, -0.15) is 0 Å². The first kappa shape index (κ1) is 15.6. The zero-order valence-corrected chi connectivity index (χ0v) is 13.2. The highest BCUT2D eigenvalue weighted by Gasteiger charge is 2.30. The number of rotatable bonds is 4. The molecule has 0 bridgehead atoms. The number of halogens is 1. The Labute approximate surface area is 125 Å². The van der Waals surface area contributed by atoms with Crippen molar-refractivity contribution in [2.75, 3.05) is 5.73 Å². The van der Waals surface area contributed by atoms with Crippen LogP contribution in [0.4, 0.5) is 5.69 Å². The van der Waals surface area contributed by atoms with E-state index in [1.165, 1.54) is 6.42 Å². The van der Waals surface area contributed by atoms with E-state index >= 15 is 0 Å². The van der Waals surface area contributed by atoms with Gasteiger partial charge in [0.15, 0.2) is 0 Å². The maximum atomic E-state index is 12.5. The Balaban J connectivity index is 2.27. The lowest BCUT2D eigenvalue weighted by atomic mass is 9.83. The first-order valence-electron chi connectivity index (χ1n) is 7.02. The maximum Gasteiger partial charge on any atom is 0.244 e. The Hall–Kier alpha value is -0.780. The largest absolute Gasteiger partial charge is 0.398 e. The van der Waals surface area contributed by atoms with Crippen LogP contribution in [0.1, 0.15) is 39.0 Å². The topological polar surface area (TPSA) is 72.2 Å². The smallest absolute Gasteiger partial charge is 0.244 e. The second kappa shape index (κ2) is 6.33. The van der Waals surface area contributed by atoms with Gasteiger partial charge in [0, 0.05) is 6.04 Å². The molecule has 0 heterocycles. The summed E-state index contributed by atoms with van der Waals surface area (Å²) in [5, 5.41) is 0.168. The third-order valence-corrected chi connectivity index (χ3v) is 6.04. The highest BCUT2D eigenvalue weighted by molar-refractivity contribution is 7.89. The number of anilines is 1. The molecule has 0 aliphatic heterocycles. The summed E-state index contributed by atoms with van der Waals surface area (Å²) in [7, 11) is -3.67. The fourth-order valence-corrected chi connectivity index (χ4v) is 4.94. The lowest BCUT2D eigenvalue weighted by Crippen LogP contribution is -2.42. The molecule has 0 spiro atoms. The molecule has 0 aromatic heterocycles. The van der Waals surface area contributed by atoms with Gasteiger partial charge in [-0.25, -0.2) is 13.1 Å². The van der Waals surface area contributed by atoms with E-state index in [1.807, 2.05) is 0 Å². The van der Waals surface area contributed by atoms with Crippen molar-refractivity contribution in [1.29, 1.82) is 0 Å². The molecule has 2 atom stereocenters. The summed E-state index contributed by atoms with van der Waals surface area (Å²) < 4.78 is 27.9. The second-order valence-corrected chi connectivity index (χ2v) is 7.40. The minimum atomic E-state index is -3.67. The van der Waals surface area contributed by atoms with Crippen molar-refractivity contribution in [2.45, 2.75) is 50.0 Å². The molecule has 0 radical (unpaired) electrons. The van der Waals surface area contributed by atoms with Crippen LogP contribution in [0.2, 0.25) is 5.02 Å². The highest BCUT2D eigenvalue weighted by atomic mass is 35.5. The van der Waals surface area contributed by atoms with E-state index in [2.05, 4.69) is 11.6 Å². The predicted molar refractivity (Wildman–Crippen MR) is 82.2 cm³/mol. The minimum absolute atomic E-state index is 0.00194. The monoisotopic (exact) mass is 316 g/mol. The van der Waals surface area contributed by atoms with Crippen LogP contribution in [0.25, 0.3) is 0 Å². The van der Waals surface area contributed by atoms with E-state index in [4.69, 9.17) is 17.3 Å². The number of hydrogen-bond acceptors (Lipinski definition) is 3. The van der Waals surface area contributed by atoms with Crippen LogP contribution in [0.3, 0.4) is 0 Å². The highest BCUT2D eigenvalue weighted by Crippen LogP contribution is 2.31. The van der Waals surface area contributed by atoms with Crippen LogP contribution in [0, 0.1) is 5.92 Å². The van der Waals surface area contributed by atoms with E-state index in [0.29, 0.717) is 5.92 Å². The Morgan fingerprint density at radius 2 is 2.05 bits per heavy atom. The molecule has 0 amide bonds. The van der Waals surface area contributed by atoms with Gasteiger partial charge in [0.1, 0.15) is 4.90 Å². The van der Waals surface area contributed by atoms with Crippen molar-refractivity contribution in [3.8, 4) is 0 Å². The SMILES string of the molecule is CCC1CCCCC1NS(=O)(=O)c1c(N)cccc1Cl. The number of hydrogen-bond donors (Lipinski definition) is 2. The summed E-state index contributed by atoms with van der Waals surface area (Å²) >= 11 is 6.00. The first-order valence-corrected chi connectivity index (χ1v) is 8.88. The Bertz CT molecular complexity index is 554. The zero-order valence-electron chi connectivity index (χ0n) is 11.6. The Morgan fingerprint density at radius 3 is 2.70 bits per heavy atom. The van der Waals surface area contributed by atoms with Gasteiger partial charge in [0.25, 0.3) is 0 Å². The average molecular weight is 317 g/mol.